The molecule has 168 valence electrons. The van der Waals surface area contributed by atoms with E-state index in [0.717, 1.165) is 16.7 Å². The van der Waals surface area contributed by atoms with E-state index in [1.165, 1.54) is 4.90 Å². The highest BCUT2D eigenvalue weighted by Gasteiger charge is 2.44. The van der Waals surface area contributed by atoms with Gasteiger partial charge in [-0.1, -0.05) is 23.8 Å². The number of ether oxygens (including phenoxy) is 2. The van der Waals surface area contributed by atoms with Gasteiger partial charge in [-0.2, -0.15) is 0 Å². The van der Waals surface area contributed by atoms with Crippen LogP contribution in [0.2, 0.25) is 0 Å². The summed E-state index contributed by atoms with van der Waals surface area (Å²) in [5.74, 6) is 0.109. The molecule has 0 aromatic heterocycles. The highest BCUT2D eigenvalue weighted by atomic mass is 16.5. The maximum atomic E-state index is 13.7. The van der Waals surface area contributed by atoms with Crippen molar-refractivity contribution in [2.45, 2.75) is 46.8 Å². The van der Waals surface area contributed by atoms with Crippen LogP contribution < -0.4 is 9.64 Å². The van der Waals surface area contributed by atoms with Crippen LogP contribution >= 0.6 is 0 Å². The van der Waals surface area contributed by atoms with Crippen LogP contribution in [0.15, 0.2) is 48.2 Å². The van der Waals surface area contributed by atoms with E-state index >= 15 is 0 Å². The van der Waals surface area contributed by atoms with E-state index in [4.69, 9.17) is 9.47 Å². The van der Waals surface area contributed by atoms with Crippen molar-refractivity contribution in [3.63, 3.8) is 0 Å². The summed E-state index contributed by atoms with van der Waals surface area (Å²) in [6.45, 7) is 11.6. The van der Waals surface area contributed by atoms with E-state index in [2.05, 4.69) is 0 Å². The predicted octanol–water partition coefficient (Wildman–Crippen LogP) is 4.10. The lowest BCUT2D eigenvalue weighted by atomic mass is 9.97. The third-order valence-electron chi connectivity index (χ3n) is 5.85. The Bertz CT molecular complexity index is 1060. The van der Waals surface area contributed by atoms with Gasteiger partial charge in [-0.25, -0.2) is 4.90 Å². The molecular weight excluding hydrogens is 404 g/mol. The number of carbonyl (C=O) groups excluding carboxylic acids is 2. The zero-order valence-corrected chi connectivity index (χ0v) is 19.3. The zero-order chi connectivity index (χ0) is 23.0. The van der Waals surface area contributed by atoms with Gasteiger partial charge in [0.1, 0.15) is 11.4 Å². The minimum Gasteiger partial charge on any atom is -0.494 e. The molecule has 0 N–H and O–H groups in total. The first kappa shape index (κ1) is 22.1. The van der Waals surface area contributed by atoms with E-state index in [9.17, 15) is 9.59 Å². The molecule has 2 heterocycles. The molecule has 32 heavy (non-hydrogen) atoms. The molecule has 0 aliphatic carbocycles. The summed E-state index contributed by atoms with van der Waals surface area (Å²) in [5.41, 5.74) is 4.34. The fraction of sp³-hybridized carbons (Fsp3) is 0.385. The molecule has 0 radical (unpaired) electrons. The Morgan fingerprint density at radius 3 is 2.22 bits per heavy atom. The highest BCUT2D eigenvalue weighted by molar-refractivity contribution is 6.45. The number of benzene rings is 2. The Morgan fingerprint density at radius 2 is 1.62 bits per heavy atom. The molecule has 0 saturated carbocycles. The van der Waals surface area contributed by atoms with E-state index in [1.54, 1.807) is 24.3 Å². The van der Waals surface area contributed by atoms with Gasteiger partial charge < -0.3 is 14.4 Å². The standard InChI is InChI=1S/C26H30N2O4/c1-6-31-21-10-8-20(9-11-21)28-25(29)23(22-12-7-16(2)13-17(22)3)24(26(28)30)27-14-18(4)32-19(5)15-27/h7-13,18-19H,6,14-15H2,1-5H3. The van der Waals surface area contributed by atoms with E-state index in [1.807, 2.05) is 57.7 Å². The van der Waals surface area contributed by atoms with Gasteiger partial charge in [0.05, 0.1) is 30.1 Å². The van der Waals surface area contributed by atoms with Gasteiger partial charge in [-0.3, -0.25) is 9.59 Å². The maximum absolute atomic E-state index is 13.7. The molecule has 2 atom stereocenters. The third-order valence-corrected chi connectivity index (χ3v) is 5.85. The summed E-state index contributed by atoms with van der Waals surface area (Å²) in [4.78, 5) is 30.8. The molecule has 0 bridgehead atoms. The predicted molar refractivity (Wildman–Crippen MR) is 125 cm³/mol. The van der Waals surface area contributed by atoms with Crippen molar-refractivity contribution in [3.05, 3.63) is 64.9 Å². The molecule has 2 aromatic carbocycles. The maximum Gasteiger partial charge on any atom is 0.282 e. The van der Waals surface area contributed by atoms with Gasteiger partial charge in [0, 0.05) is 13.1 Å². The first-order valence-corrected chi connectivity index (χ1v) is 11.1. The van der Waals surface area contributed by atoms with Crippen molar-refractivity contribution in [3.8, 4) is 5.75 Å². The van der Waals surface area contributed by atoms with Gasteiger partial charge in [-0.15, -0.1) is 0 Å². The molecule has 4 rings (SSSR count). The SMILES string of the molecule is CCOc1ccc(N2C(=O)C(c3ccc(C)cc3C)=C(N3CC(C)OC(C)C3)C2=O)cc1. The minimum absolute atomic E-state index is 0.0333. The monoisotopic (exact) mass is 434 g/mol. The third kappa shape index (κ3) is 4.02. The number of carbonyl (C=O) groups is 2. The second-order valence-electron chi connectivity index (χ2n) is 8.58. The highest BCUT2D eigenvalue weighted by Crippen LogP contribution is 2.37. The van der Waals surface area contributed by atoms with Crippen LogP contribution in [-0.4, -0.2) is 48.6 Å². The molecule has 1 fully saturated rings. The second kappa shape index (κ2) is 8.79. The molecule has 6 heteroatoms. The number of imide groups is 1. The Morgan fingerprint density at radius 1 is 0.969 bits per heavy atom. The van der Waals surface area contributed by atoms with Gasteiger partial charge in [0.15, 0.2) is 0 Å². The summed E-state index contributed by atoms with van der Waals surface area (Å²) in [5, 5.41) is 0. The van der Waals surface area contributed by atoms with E-state index < -0.39 is 0 Å². The molecule has 2 aliphatic rings. The number of nitrogens with zero attached hydrogens (tertiary/aromatic N) is 2. The Hall–Kier alpha value is -3.12. The van der Waals surface area contributed by atoms with E-state index in [-0.39, 0.29) is 24.0 Å². The van der Waals surface area contributed by atoms with Crippen molar-refractivity contribution in [2.75, 3.05) is 24.6 Å². The minimum atomic E-state index is -0.298. The molecule has 2 aliphatic heterocycles. The molecule has 2 amide bonds. The fourth-order valence-electron chi connectivity index (χ4n) is 4.60. The quantitative estimate of drug-likeness (QED) is 0.664. The van der Waals surface area contributed by atoms with Crippen LogP contribution in [0.25, 0.3) is 5.57 Å². The Labute approximate surface area is 189 Å². The summed E-state index contributed by atoms with van der Waals surface area (Å²) in [7, 11) is 0. The topological polar surface area (TPSA) is 59.1 Å². The number of rotatable bonds is 5. The van der Waals surface area contributed by atoms with Crippen molar-refractivity contribution < 1.29 is 19.1 Å². The number of amides is 2. The number of morpholine rings is 1. The largest absolute Gasteiger partial charge is 0.494 e. The number of hydrogen-bond acceptors (Lipinski definition) is 5. The van der Waals surface area contributed by atoms with Crippen LogP contribution in [0.3, 0.4) is 0 Å². The van der Waals surface area contributed by atoms with E-state index in [0.29, 0.717) is 42.4 Å². The van der Waals surface area contributed by atoms with Crippen molar-refractivity contribution in [2.24, 2.45) is 0 Å². The smallest absolute Gasteiger partial charge is 0.282 e. The Balaban J connectivity index is 1.81. The van der Waals surface area contributed by atoms with Crippen LogP contribution in [0.1, 0.15) is 37.5 Å². The lowest BCUT2D eigenvalue weighted by Crippen LogP contribution is -2.47. The van der Waals surface area contributed by atoms with Crippen LogP contribution in [0, 0.1) is 13.8 Å². The van der Waals surface area contributed by atoms with Crippen LogP contribution in [0.4, 0.5) is 5.69 Å². The van der Waals surface area contributed by atoms with Crippen LogP contribution in [0.5, 0.6) is 5.75 Å². The lowest BCUT2D eigenvalue weighted by Gasteiger charge is -2.37. The average molecular weight is 435 g/mol. The van der Waals surface area contributed by atoms with Gasteiger partial charge in [-0.05, 0) is 70.0 Å². The molecule has 0 spiro atoms. The zero-order valence-electron chi connectivity index (χ0n) is 19.3. The summed E-state index contributed by atoms with van der Waals surface area (Å²) in [6, 6.07) is 13.1. The molecule has 2 unspecified atom stereocenters. The number of anilines is 1. The molecule has 2 aromatic rings. The number of hydrogen-bond donors (Lipinski definition) is 0. The average Bonchev–Trinajstić information content (AvgIpc) is 2.98. The summed E-state index contributed by atoms with van der Waals surface area (Å²) >= 11 is 0. The van der Waals surface area contributed by atoms with Crippen LogP contribution in [-0.2, 0) is 14.3 Å². The van der Waals surface area contributed by atoms with Gasteiger partial charge in [0.25, 0.3) is 11.8 Å². The fourth-order valence-corrected chi connectivity index (χ4v) is 4.60. The van der Waals surface area contributed by atoms with Crippen molar-refractivity contribution in [1.29, 1.82) is 0 Å². The molecule has 6 nitrogen and oxygen atoms in total. The summed E-state index contributed by atoms with van der Waals surface area (Å²) < 4.78 is 11.4. The van der Waals surface area contributed by atoms with Crippen molar-refractivity contribution >= 4 is 23.1 Å². The summed E-state index contributed by atoms with van der Waals surface area (Å²) in [6.07, 6.45) is -0.0666. The van der Waals surface area contributed by atoms with Gasteiger partial charge in [0.2, 0.25) is 0 Å². The molecule has 1 saturated heterocycles. The normalized spacial score (nSPS) is 21.5. The second-order valence-corrected chi connectivity index (χ2v) is 8.58. The lowest BCUT2D eigenvalue weighted by molar-refractivity contribution is -0.121. The van der Waals surface area contributed by atoms with Crippen molar-refractivity contribution in [1.82, 2.24) is 4.90 Å². The first-order chi connectivity index (χ1) is 15.3. The molecular formula is C26H30N2O4. The first-order valence-electron chi connectivity index (χ1n) is 11.1. The van der Waals surface area contributed by atoms with Gasteiger partial charge >= 0.3 is 0 Å². The number of aryl methyl sites for hydroxylation is 2. The Kier molecular flexibility index (Phi) is 6.07.